The number of aromatic amines is 1. The van der Waals surface area contributed by atoms with E-state index >= 15 is 0 Å². The van der Waals surface area contributed by atoms with E-state index in [2.05, 4.69) is 19.9 Å². The molecule has 5 N–H and O–H groups in total. The molecule has 1 aliphatic carbocycles. The first-order chi connectivity index (χ1) is 8.24. The van der Waals surface area contributed by atoms with Crippen LogP contribution in [0.3, 0.4) is 0 Å². The molecule has 6 heteroatoms. The fourth-order valence-electron chi connectivity index (χ4n) is 2.52. The highest BCUT2D eigenvalue weighted by Gasteiger charge is 2.20. The summed E-state index contributed by atoms with van der Waals surface area (Å²) in [5, 5.41) is 0. The van der Waals surface area contributed by atoms with Crippen molar-refractivity contribution in [3.05, 3.63) is 5.82 Å². The van der Waals surface area contributed by atoms with Gasteiger partial charge in [-0.3, -0.25) is 0 Å². The van der Waals surface area contributed by atoms with Gasteiger partial charge in [-0.05, 0) is 12.8 Å². The van der Waals surface area contributed by atoms with Crippen LogP contribution in [0.15, 0.2) is 0 Å². The largest absolute Gasteiger partial charge is 0.382 e. The van der Waals surface area contributed by atoms with Crippen LogP contribution in [0, 0.1) is 0 Å². The SMILES string of the molecule is Nc1nc(N)c2[nH]c(C3CCCCC3)nc2n1. The third-order valence-corrected chi connectivity index (χ3v) is 3.41. The lowest BCUT2D eigenvalue weighted by Gasteiger charge is -2.18. The molecule has 0 atom stereocenters. The molecule has 0 unspecified atom stereocenters. The minimum atomic E-state index is 0.177. The second-order valence-corrected chi connectivity index (χ2v) is 4.62. The van der Waals surface area contributed by atoms with Crippen LogP contribution in [0.2, 0.25) is 0 Å². The Kier molecular flexibility index (Phi) is 2.35. The predicted molar refractivity (Wildman–Crippen MR) is 66.3 cm³/mol. The monoisotopic (exact) mass is 232 g/mol. The molecule has 6 nitrogen and oxygen atoms in total. The molecule has 1 aliphatic rings. The summed E-state index contributed by atoms with van der Waals surface area (Å²) in [7, 11) is 0. The predicted octanol–water partition coefficient (Wildman–Crippen LogP) is 1.56. The molecule has 0 bridgehead atoms. The number of nitrogen functional groups attached to an aromatic ring is 2. The van der Waals surface area contributed by atoms with Gasteiger partial charge in [-0.1, -0.05) is 19.3 Å². The van der Waals surface area contributed by atoms with Crippen LogP contribution in [0.25, 0.3) is 11.2 Å². The zero-order chi connectivity index (χ0) is 11.8. The summed E-state index contributed by atoms with van der Waals surface area (Å²) in [4.78, 5) is 15.8. The van der Waals surface area contributed by atoms with Crippen molar-refractivity contribution < 1.29 is 0 Å². The number of hydrogen-bond donors (Lipinski definition) is 3. The highest BCUT2D eigenvalue weighted by atomic mass is 15.1. The molecule has 2 aromatic rings. The number of anilines is 2. The van der Waals surface area contributed by atoms with Gasteiger partial charge in [-0.2, -0.15) is 9.97 Å². The number of nitrogens with one attached hydrogen (secondary N) is 1. The van der Waals surface area contributed by atoms with Crippen molar-refractivity contribution in [1.29, 1.82) is 0 Å². The fraction of sp³-hybridized carbons (Fsp3) is 0.545. The summed E-state index contributed by atoms with van der Waals surface area (Å²) < 4.78 is 0. The Bertz CT molecular complexity index is 540. The van der Waals surface area contributed by atoms with E-state index < -0.39 is 0 Å². The molecule has 17 heavy (non-hydrogen) atoms. The van der Waals surface area contributed by atoms with E-state index in [1.807, 2.05) is 0 Å². The number of nitrogens with two attached hydrogens (primary N) is 2. The van der Waals surface area contributed by atoms with E-state index in [1.165, 1.54) is 32.1 Å². The van der Waals surface area contributed by atoms with E-state index in [1.54, 1.807) is 0 Å². The average molecular weight is 232 g/mol. The number of H-pyrrole nitrogens is 1. The van der Waals surface area contributed by atoms with Gasteiger partial charge in [-0.25, -0.2) is 4.98 Å². The molecule has 0 aliphatic heterocycles. The lowest BCUT2D eigenvalue weighted by molar-refractivity contribution is 0.431. The molecular weight excluding hydrogens is 216 g/mol. The third kappa shape index (κ3) is 1.79. The van der Waals surface area contributed by atoms with Crippen molar-refractivity contribution >= 4 is 22.9 Å². The lowest BCUT2D eigenvalue weighted by Crippen LogP contribution is -2.06. The highest BCUT2D eigenvalue weighted by molar-refractivity contribution is 5.82. The van der Waals surface area contributed by atoms with Gasteiger partial charge in [0, 0.05) is 5.92 Å². The van der Waals surface area contributed by atoms with Crippen molar-refractivity contribution in [1.82, 2.24) is 19.9 Å². The Morgan fingerprint density at radius 1 is 1.00 bits per heavy atom. The number of fused-ring (bicyclic) bond motifs is 1. The number of aromatic nitrogens is 4. The molecule has 1 saturated carbocycles. The van der Waals surface area contributed by atoms with Crippen LogP contribution in [0.5, 0.6) is 0 Å². The van der Waals surface area contributed by atoms with Gasteiger partial charge in [0.2, 0.25) is 5.95 Å². The Morgan fingerprint density at radius 2 is 1.76 bits per heavy atom. The average Bonchev–Trinajstić information content (AvgIpc) is 2.74. The fourth-order valence-corrected chi connectivity index (χ4v) is 2.52. The van der Waals surface area contributed by atoms with E-state index in [-0.39, 0.29) is 5.95 Å². The van der Waals surface area contributed by atoms with Gasteiger partial charge in [0.05, 0.1) is 0 Å². The molecule has 90 valence electrons. The maximum atomic E-state index is 5.80. The summed E-state index contributed by atoms with van der Waals surface area (Å²) in [6.45, 7) is 0. The van der Waals surface area contributed by atoms with Crippen LogP contribution < -0.4 is 11.5 Å². The summed E-state index contributed by atoms with van der Waals surface area (Å²) in [6.07, 6.45) is 6.23. The summed E-state index contributed by atoms with van der Waals surface area (Å²) in [5.74, 6) is 2.03. The van der Waals surface area contributed by atoms with Crippen molar-refractivity contribution in [3.63, 3.8) is 0 Å². The molecule has 0 saturated heterocycles. The summed E-state index contributed by atoms with van der Waals surface area (Å²) in [6, 6.07) is 0. The third-order valence-electron chi connectivity index (χ3n) is 3.41. The lowest BCUT2D eigenvalue weighted by atomic mass is 9.89. The van der Waals surface area contributed by atoms with Gasteiger partial charge in [-0.15, -0.1) is 0 Å². The Balaban J connectivity index is 2.03. The van der Waals surface area contributed by atoms with Gasteiger partial charge in [0.15, 0.2) is 11.5 Å². The van der Waals surface area contributed by atoms with Crippen molar-refractivity contribution in [2.24, 2.45) is 0 Å². The van der Waals surface area contributed by atoms with Crippen molar-refractivity contribution in [3.8, 4) is 0 Å². The number of imidazole rings is 1. The van der Waals surface area contributed by atoms with Gasteiger partial charge in [0.25, 0.3) is 0 Å². The maximum Gasteiger partial charge on any atom is 0.224 e. The molecule has 0 amide bonds. The van der Waals surface area contributed by atoms with Crippen LogP contribution in [-0.2, 0) is 0 Å². The Labute approximate surface area is 98.8 Å². The second-order valence-electron chi connectivity index (χ2n) is 4.62. The van der Waals surface area contributed by atoms with Gasteiger partial charge < -0.3 is 16.5 Å². The molecular formula is C11H16N6. The second kappa shape index (κ2) is 3.87. The molecule has 2 aromatic heterocycles. The molecule has 0 radical (unpaired) electrons. The van der Waals surface area contributed by atoms with E-state index in [4.69, 9.17) is 11.5 Å². The van der Waals surface area contributed by atoms with Crippen molar-refractivity contribution in [2.75, 3.05) is 11.5 Å². The first-order valence-electron chi connectivity index (χ1n) is 6.02. The number of nitrogens with zero attached hydrogens (tertiary/aromatic N) is 3. The van der Waals surface area contributed by atoms with Crippen LogP contribution >= 0.6 is 0 Å². The molecule has 0 aromatic carbocycles. The normalized spacial score (nSPS) is 17.6. The minimum Gasteiger partial charge on any atom is -0.382 e. The smallest absolute Gasteiger partial charge is 0.224 e. The molecule has 3 rings (SSSR count). The minimum absolute atomic E-state index is 0.177. The molecule has 0 spiro atoms. The highest BCUT2D eigenvalue weighted by Crippen LogP contribution is 2.32. The topological polar surface area (TPSA) is 106 Å². The quantitative estimate of drug-likeness (QED) is 0.691. The standard InChI is InChI=1S/C11H16N6/c12-8-7-10(17-11(13)15-8)16-9(14-7)6-4-2-1-3-5-6/h6H,1-5H2,(H5,12,13,14,15,16,17). The van der Waals surface area contributed by atoms with E-state index in [0.717, 1.165) is 5.82 Å². The number of rotatable bonds is 1. The van der Waals surface area contributed by atoms with Gasteiger partial charge in [0.1, 0.15) is 11.3 Å². The zero-order valence-electron chi connectivity index (χ0n) is 9.61. The number of hydrogen-bond acceptors (Lipinski definition) is 5. The Hall–Kier alpha value is -1.85. The molecule has 2 heterocycles. The van der Waals surface area contributed by atoms with Gasteiger partial charge >= 0.3 is 0 Å². The molecule has 1 fully saturated rings. The summed E-state index contributed by atoms with van der Waals surface area (Å²) >= 11 is 0. The van der Waals surface area contributed by atoms with Crippen molar-refractivity contribution in [2.45, 2.75) is 38.0 Å². The zero-order valence-corrected chi connectivity index (χ0v) is 9.61. The van der Waals surface area contributed by atoms with Crippen LogP contribution in [0.4, 0.5) is 11.8 Å². The van der Waals surface area contributed by atoms with E-state index in [0.29, 0.717) is 22.9 Å². The first kappa shape index (κ1) is 10.3. The van der Waals surface area contributed by atoms with E-state index in [9.17, 15) is 0 Å². The maximum absolute atomic E-state index is 5.80. The Morgan fingerprint density at radius 3 is 2.53 bits per heavy atom. The van der Waals surface area contributed by atoms with Crippen LogP contribution in [-0.4, -0.2) is 19.9 Å². The first-order valence-corrected chi connectivity index (χ1v) is 6.02. The van der Waals surface area contributed by atoms with Crippen LogP contribution in [0.1, 0.15) is 43.8 Å². The summed E-state index contributed by atoms with van der Waals surface area (Å²) in [5.41, 5.74) is 12.6.